The standard InChI is InChI=1S/C21H18FNO5S/c22-15-8-4-7-14(11-15)18-17(19(24)13-5-2-1-3-6-13)20(25)21(26)23(18)16-9-10-29(27,28)12-16/h1-8,11,16,18,24H,9-10,12H2/t16-,18+/m0/s1. The summed E-state index contributed by atoms with van der Waals surface area (Å²) in [5, 5.41) is 10.8. The van der Waals surface area contributed by atoms with Crippen molar-refractivity contribution in [3.8, 4) is 0 Å². The molecule has 2 fully saturated rings. The molecule has 0 radical (unpaired) electrons. The predicted molar refractivity (Wildman–Crippen MR) is 104 cm³/mol. The van der Waals surface area contributed by atoms with Gasteiger partial charge in [-0.15, -0.1) is 0 Å². The summed E-state index contributed by atoms with van der Waals surface area (Å²) in [6, 6.07) is 11.9. The monoisotopic (exact) mass is 415 g/mol. The van der Waals surface area contributed by atoms with Gasteiger partial charge in [-0.05, 0) is 24.1 Å². The van der Waals surface area contributed by atoms with Crippen LogP contribution in [-0.2, 0) is 19.4 Å². The van der Waals surface area contributed by atoms with E-state index in [9.17, 15) is 27.5 Å². The Bertz CT molecular complexity index is 1130. The molecular formula is C21H18FNO5S. The van der Waals surface area contributed by atoms with Crippen molar-refractivity contribution >= 4 is 27.3 Å². The lowest BCUT2D eigenvalue weighted by molar-refractivity contribution is -0.141. The van der Waals surface area contributed by atoms with Gasteiger partial charge in [0, 0.05) is 11.6 Å². The molecular weight excluding hydrogens is 397 g/mol. The minimum atomic E-state index is -3.34. The highest BCUT2D eigenvalue weighted by Gasteiger charge is 2.50. The number of nitrogens with zero attached hydrogens (tertiary/aromatic N) is 1. The molecule has 150 valence electrons. The van der Waals surface area contributed by atoms with Crippen molar-refractivity contribution in [1.82, 2.24) is 4.90 Å². The van der Waals surface area contributed by atoms with Crippen LogP contribution in [-0.4, -0.2) is 47.7 Å². The molecule has 8 heteroatoms. The molecule has 2 aromatic carbocycles. The maximum atomic E-state index is 13.9. The van der Waals surface area contributed by atoms with Gasteiger partial charge in [0.15, 0.2) is 9.84 Å². The molecule has 1 N–H and O–H groups in total. The topological polar surface area (TPSA) is 91.8 Å². The first-order chi connectivity index (χ1) is 13.8. The summed E-state index contributed by atoms with van der Waals surface area (Å²) in [6.45, 7) is 0. The molecule has 0 aromatic heterocycles. The first-order valence-corrected chi connectivity index (χ1v) is 10.9. The van der Waals surface area contributed by atoms with Gasteiger partial charge in [0.25, 0.3) is 11.7 Å². The lowest BCUT2D eigenvalue weighted by Gasteiger charge is -2.30. The zero-order valence-corrected chi connectivity index (χ0v) is 16.1. The van der Waals surface area contributed by atoms with Crippen molar-refractivity contribution in [2.24, 2.45) is 0 Å². The summed E-state index contributed by atoms with van der Waals surface area (Å²) in [4.78, 5) is 26.9. The van der Waals surface area contributed by atoms with Crippen molar-refractivity contribution in [3.05, 3.63) is 77.1 Å². The van der Waals surface area contributed by atoms with Crippen LogP contribution in [0.15, 0.2) is 60.2 Å². The van der Waals surface area contributed by atoms with Crippen LogP contribution in [0.5, 0.6) is 0 Å². The first-order valence-electron chi connectivity index (χ1n) is 9.10. The third-order valence-electron chi connectivity index (χ3n) is 5.29. The SMILES string of the molecule is O=C1C(=O)N([C@H]2CCS(=O)(=O)C2)[C@H](c2cccc(F)c2)C1=C(O)c1ccccc1. The minimum Gasteiger partial charge on any atom is -0.507 e. The van der Waals surface area contributed by atoms with Crippen molar-refractivity contribution in [2.45, 2.75) is 18.5 Å². The highest BCUT2D eigenvalue weighted by Crippen LogP contribution is 2.42. The highest BCUT2D eigenvalue weighted by atomic mass is 32.2. The lowest BCUT2D eigenvalue weighted by Crippen LogP contribution is -2.40. The number of sulfone groups is 1. The number of amides is 1. The third-order valence-corrected chi connectivity index (χ3v) is 7.04. The molecule has 4 rings (SSSR count). The van der Waals surface area contributed by atoms with Crippen LogP contribution >= 0.6 is 0 Å². The van der Waals surface area contributed by atoms with E-state index in [-0.39, 0.29) is 29.3 Å². The Kier molecular flexibility index (Phi) is 4.74. The Morgan fingerprint density at radius 2 is 1.79 bits per heavy atom. The fraction of sp³-hybridized carbons (Fsp3) is 0.238. The number of aliphatic hydroxyl groups is 1. The normalized spacial score (nSPS) is 25.5. The zero-order valence-electron chi connectivity index (χ0n) is 15.3. The molecule has 2 saturated heterocycles. The van der Waals surface area contributed by atoms with Crippen LogP contribution < -0.4 is 0 Å². The summed E-state index contributed by atoms with van der Waals surface area (Å²) in [6.07, 6.45) is 0.187. The minimum absolute atomic E-state index is 0.0881. The molecule has 2 atom stereocenters. The summed E-state index contributed by atoms with van der Waals surface area (Å²) in [5.41, 5.74) is 0.466. The Labute approximate surface area is 167 Å². The van der Waals surface area contributed by atoms with E-state index in [4.69, 9.17) is 0 Å². The van der Waals surface area contributed by atoms with Crippen LogP contribution in [0.3, 0.4) is 0 Å². The second-order valence-corrected chi connectivity index (χ2v) is 9.41. The van der Waals surface area contributed by atoms with Gasteiger partial charge in [0.2, 0.25) is 0 Å². The van der Waals surface area contributed by atoms with Crippen molar-refractivity contribution in [1.29, 1.82) is 0 Å². The molecule has 1 amide bonds. The van der Waals surface area contributed by atoms with E-state index in [1.54, 1.807) is 36.4 Å². The fourth-order valence-electron chi connectivity index (χ4n) is 3.98. The predicted octanol–water partition coefficient (Wildman–Crippen LogP) is 2.43. The van der Waals surface area contributed by atoms with Crippen molar-refractivity contribution < 1.29 is 27.5 Å². The highest BCUT2D eigenvalue weighted by molar-refractivity contribution is 7.91. The van der Waals surface area contributed by atoms with Crippen LogP contribution in [0, 0.1) is 5.82 Å². The number of aliphatic hydroxyl groups excluding tert-OH is 1. The van der Waals surface area contributed by atoms with E-state index >= 15 is 0 Å². The number of benzene rings is 2. The van der Waals surface area contributed by atoms with E-state index < -0.39 is 39.4 Å². The number of hydrogen-bond acceptors (Lipinski definition) is 5. The molecule has 2 aliphatic heterocycles. The number of hydrogen-bond donors (Lipinski definition) is 1. The van der Waals surface area contributed by atoms with Gasteiger partial charge in [-0.3, -0.25) is 9.59 Å². The molecule has 2 heterocycles. The zero-order chi connectivity index (χ0) is 20.8. The molecule has 2 aliphatic rings. The van der Waals surface area contributed by atoms with Crippen molar-refractivity contribution in [3.63, 3.8) is 0 Å². The average molecular weight is 415 g/mol. The maximum absolute atomic E-state index is 13.9. The molecule has 0 saturated carbocycles. The molecule has 0 unspecified atom stereocenters. The largest absolute Gasteiger partial charge is 0.507 e. The summed E-state index contributed by atoms with van der Waals surface area (Å²) in [7, 11) is -3.34. The molecule has 0 spiro atoms. The van der Waals surface area contributed by atoms with Crippen LogP contribution in [0.1, 0.15) is 23.6 Å². The molecule has 6 nitrogen and oxygen atoms in total. The lowest BCUT2D eigenvalue weighted by atomic mass is 9.94. The van der Waals surface area contributed by atoms with Crippen LogP contribution in [0.25, 0.3) is 5.76 Å². The number of carbonyl (C=O) groups excluding carboxylic acids is 2. The first kappa shape index (κ1) is 19.3. The van der Waals surface area contributed by atoms with Gasteiger partial charge in [0.1, 0.15) is 11.6 Å². The van der Waals surface area contributed by atoms with E-state index in [1.165, 1.54) is 23.1 Å². The fourth-order valence-corrected chi connectivity index (χ4v) is 5.69. The number of halogens is 1. The van der Waals surface area contributed by atoms with Crippen molar-refractivity contribution in [2.75, 3.05) is 11.5 Å². The van der Waals surface area contributed by atoms with Gasteiger partial charge in [-0.2, -0.15) is 0 Å². The summed E-state index contributed by atoms with van der Waals surface area (Å²) >= 11 is 0. The average Bonchev–Trinajstić information content (AvgIpc) is 3.18. The van der Waals surface area contributed by atoms with Crippen LogP contribution in [0.4, 0.5) is 4.39 Å². The molecule has 0 bridgehead atoms. The Balaban J connectivity index is 1.90. The Morgan fingerprint density at radius 1 is 1.07 bits per heavy atom. The number of rotatable bonds is 3. The number of likely N-dealkylation sites (tertiary alicyclic amines) is 1. The maximum Gasteiger partial charge on any atom is 0.295 e. The molecule has 0 aliphatic carbocycles. The smallest absolute Gasteiger partial charge is 0.295 e. The van der Waals surface area contributed by atoms with E-state index in [1.807, 2.05) is 0 Å². The van der Waals surface area contributed by atoms with Gasteiger partial charge >= 0.3 is 0 Å². The second-order valence-electron chi connectivity index (χ2n) is 7.18. The Hall–Kier alpha value is -3.00. The molecule has 2 aromatic rings. The van der Waals surface area contributed by atoms with Gasteiger partial charge in [-0.25, -0.2) is 12.8 Å². The van der Waals surface area contributed by atoms with Gasteiger partial charge in [0.05, 0.1) is 23.1 Å². The van der Waals surface area contributed by atoms with E-state index in [2.05, 4.69) is 0 Å². The number of carbonyl (C=O) groups is 2. The summed E-state index contributed by atoms with van der Waals surface area (Å²) < 4.78 is 37.9. The quantitative estimate of drug-likeness (QED) is 0.472. The van der Waals surface area contributed by atoms with E-state index in [0.29, 0.717) is 11.1 Å². The number of ketones is 1. The van der Waals surface area contributed by atoms with Gasteiger partial charge in [-0.1, -0.05) is 42.5 Å². The number of Topliss-reactive ketones (excluding diaryl/α,β-unsaturated/α-hetero) is 1. The summed E-state index contributed by atoms with van der Waals surface area (Å²) in [5.74, 6) is -3.09. The van der Waals surface area contributed by atoms with E-state index in [0.717, 1.165) is 0 Å². The molecule has 29 heavy (non-hydrogen) atoms. The Morgan fingerprint density at radius 3 is 2.41 bits per heavy atom. The second kappa shape index (κ2) is 7.11. The van der Waals surface area contributed by atoms with Crippen LogP contribution in [0.2, 0.25) is 0 Å². The third kappa shape index (κ3) is 3.44. The van der Waals surface area contributed by atoms with Gasteiger partial charge < -0.3 is 10.0 Å².